The summed E-state index contributed by atoms with van der Waals surface area (Å²) in [5, 5.41) is 17.7. The van der Waals surface area contributed by atoms with Crippen LogP contribution < -0.4 is 0 Å². The highest BCUT2D eigenvalue weighted by Gasteiger charge is 2.42. The highest BCUT2D eigenvalue weighted by Crippen LogP contribution is 2.44. The topological polar surface area (TPSA) is 78.5 Å². The Morgan fingerprint density at radius 1 is 1.13 bits per heavy atom. The van der Waals surface area contributed by atoms with Crippen molar-refractivity contribution < 1.29 is 14.6 Å². The minimum atomic E-state index is -0.256. The van der Waals surface area contributed by atoms with E-state index in [-0.39, 0.29) is 17.7 Å². The monoisotopic (exact) mass is 405 g/mol. The molecule has 0 fully saturated rings. The number of hydrogen-bond donors (Lipinski definition) is 2. The van der Waals surface area contributed by atoms with E-state index in [1.54, 1.807) is 12.1 Å². The fraction of sp³-hybridized carbons (Fsp3) is 0.333. The highest BCUT2D eigenvalue weighted by atomic mass is 16.5. The number of aromatic nitrogens is 2. The van der Waals surface area contributed by atoms with E-state index in [0.717, 1.165) is 24.0 Å². The van der Waals surface area contributed by atoms with Gasteiger partial charge in [0.15, 0.2) is 0 Å². The van der Waals surface area contributed by atoms with Gasteiger partial charge in [-0.1, -0.05) is 43.3 Å². The van der Waals surface area contributed by atoms with Crippen LogP contribution in [0.15, 0.2) is 48.5 Å². The molecule has 0 radical (unpaired) electrons. The van der Waals surface area contributed by atoms with E-state index in [1.807, 2.05) is 24.0 Å². The molecule has 0 spiro atoms. The molecular weight excluding hydrogens is 378 g/mol. The van der Waals surface area contributed by atoms with Crippen molar-refractivity contribution >= 4 is 5.91 Å². The Balaban J connectivity index is 1.77. The molecule has 2 aromatic carbocycles. The average molecular weight is 405 g/mol. The predicted molar refractivity (Wildman–Crippen MR) is 115 cm³/mol. The number of amides is 1. The van der Waals surface area contributed by atoms with Crippen molar-refractivity contribution in [3.05, 3.63) is 70.9 Å². The molecular formula is C24H27N3O3. The third-order valence-corrected chi connectivity index (χ3v) is 5.62. The Bertz CT molecular complexity index is 1030. The third-order valence-electron chi connectivity index (χ3n) is 5.62. The van der Waals surface area contributed by atoms with Gasteiger partial charge in [0.2, 0.25) is 0 Å². The number of ether oxygens (including phenoxy) is 1. The summed E-state index contributed by atoms with van der Waals surface area (Å²) in [5.41, 5.74) is 4.84. The lowest BCUT2D eigenvalue weighted by atomic mass is 9.95. The number of hydrogen-bond acceptors (Lipinski definition) is 4. The molecule has 1 aliphatic heterocycles. The highest BCUT2D eigenvalue weighted by molar-refractivity contribution is 6.00. The van der Waals surface area contributed by atoms with Gasteiger partial charge in [0.1, 0.15) is 17.1 Å². The molecule has 6 heteroatoms. The van der Waals surface area contributed by atoms with Crippen LogP contribution in [0.3, 0.4) is 0 Å². The van der Waals surface area contributed by atoms with E-state index < -0.39 is 0 Å². The first-order valence-corrected chi connectivity index (χ1v) is 10.5. The van der Waals surface area contributed by atoms with Crippen LogP contribution in [0, 0.1) is 0 Å². The van der Waals surface area contributed by atoms with Gasteiger partial charge in [0.05, 0.1) is 6.04 Å². The standard InChI is InChI=1S/C24H27N3O3/c1-3-16-10-12-17(13-11-16)23-20-21(18-8-5-6-9-19(18)28)25-26-22(20)24(29)27(23)14-7-15-30-4-2/h5-6,8-13,23,28H,3-4,7,14-15H2,1-2H3,(H,25,26)/t23-/m1/s1. The van der Waals surface area contributed by atoms with Crippen LogP contribution in [0.4, 0.5) is 0 Å². The van der Waals surface area contributed by atoms with Gasteiger partial charge in [0.25, 0.3) is 5.91 Å². The van der Waals surface area contributed by atoms with E-state index in [4.69, 9.17) is 4.74 Å². The first-order valence-electron chi connectivity index (χ1n) is 10.5. The maximum atomic E-state index is 13.2. The van der Waals surface area contributed by atoms with Gasteiger partial charge in [-0.15, -0.1) is 0 Å². The van der Waals surface area contributed by atoms with Crippen molar-refractivity contribution in [1.82, 2.24) is 15.1 Å². The molecule has 0 saturated carbocycles. The lowest BCUT2D eigenvalue weighted by Gasteiger charge is -2.26. The zero-order chi connectivity index (χ0) is 21.1. The fourth-order valence-electron chi connectivity index (χ4n) is 4.07. The number of para-hydroxylation sites is 1. The van der Waals surface area contributed by atoms with Crippen molar-refractivity contribution in [2.24, 2.45) is 0 Å². The molecule has 2 N–H and O–H groups in total. The summed E-state index contributed by atoms with van der Waals surface area (Å²) < 4.78 is 5.48. The lowest BCUT2D eigenvalue weighted by molar-refractivity contribution is 0.0710. The number of carbonyl (C=O) groups excluding carboxylic acids is 1. The van der Waals surface area contributed by atoms with Gasteiger partial charge in [-0.05, 0) is 43.0 Å². The Kier molecular flexibility index (Phi) is 5.86. The Morgan fingerprint density at radius 2 is 1.90 bits per heavy atom. The summed E-state index contributed by atoms with van der Waals surface area (Å²) in [5.74, 6) is 0.0781. The summed E-state index contributed by atoms with van der Waals surface area (Å²) in [6, 6.07) is 15.2. The molecule has 0 unspecified atom stereocenters. The molecule has 4 rings (SSSR count). The van der Waals surface area contributed by atoms with Crippen LogP contribution in [0.1, 0.15) is 53.5 Å². The van der Waals surface area contributed by atoms with Gasteiger partial charge in [-0.3, -0.25) is 9.89 Å². The van der Waals surface area contributed by atoms with Gasteiger partial charge in [-0.2, -0.15) is 5.10 Å². The number of aromatic hydroxyl groups is 1. The number of nitrogens with one attached hydrogen (secondary N) is 1. The Morgan fingerprint density at radius 3 is 2.60 bits per heavy atom. The maximum absolute atomic E-state index is 13.2. The van der Waals surface area contributed by atoms with E-state index in [1.165, 1.54) is 5.56 Å². The predicted octanol–water partition coefficient (Wildman–Crippen LogP) is 4.32. The first kappa shape index (κ1) is 20.2. The molecule has 1 aromatic heterocycles. The number of aryl methyl sites for hydroxylation is 1. The van der Waals surface area contributed by atoms with Gasteiger partial charge in [0, 0.05) is 30.9 Å². The molecule has 2 heterocycles. The number of benzene rings is 2. The van der Waals surface area contributed by atoms with Crippen molar-refractivity contribution in [1.29, 1.82) is 0 Å². The van der Waals surface area contributed by atoms with Crippen LogP contribution >= 0.6 is 0 Å². The normalized spacial score (nSPS) is 15.6. The Hall–Kier alpha value is -3.12. The number of aromatic amines is 1. The van der Waals surface area contributed by atoms with E-state index in [0.29, 0.717) is 36.7 Å². The summed E-state index contributed by atoms with van der Waals surface area (Å²) in [7, 11) is 0. The second kappa shape index (κ2) is 8.71. The summed E-state index contributed by atoms with van der Waals surface area (Å²) in [6.45, 7) is 5.95. The second-order valence-corrected chi connectivity index (χ2v) is 7.42. The smallest absolute Gasteiger partial charge is 0.273 e. The SMILES string of the molecule is CCOCCCN1C(=O)c2[nH]nc(-c3ccccc3O)c2[C@H]1c1ccc(CC)cc1. The summed E-state index contributed by atoms with van der Waals surface area (Å²) in [6.07, 6.45) is 1.72. The number of fused-ring (bicyclic) bond motifs is 1. The van der Waals surface area contributed by atoms with Crippen molar-refractivity contribution in [2.45, 2.75) is 32.7 Å². The van der Waals surface area contributed by atoms with Gasteiger partial charge in [-0.25, -0.2) is 0 Å². The largest absolute Gasteiger partial charge is 0.507 e. The molecule has 0 bridgehead atoms. The number of carbonyl (C=O) groups is 1. The van der Waals surface area contributed by atoms with Crippen LogP contribution in [0.5, 0.6) is 5.75 Å². The molecule has 0 aliphatic carbocycles. The average Bonchev–Trinajstić information content (AvgIpc) is 3.31. The van der Waals surface area contributed by atoms with E-state index in [2.05, 4.69) is 41.4 Å². The molecule has 6 nitrogen and oxygen atoms in total. The molecule has 1 amide bonds. The van der Waals surface area contributed by atoms with Crippen LogP contribution in [-0.2, 0) is 11.2 Å². The number of rotatable bonds is 8. The van der Waals surface area contributed by atoms with E-state index in [9.17, 15) is 9.90 Å². The number of phenolic OH excluding ortho intramolecular Hbond substituents is 1. The second-order valence-electron chi connectivity index (χ2n) is 7.42. The zero-order valence-electron chi connectivity index (χ0n) is 17.4. The van der Waals surface area contributed by atoms with Gasteiger partial charge >= 0.3 is 0 Å². The third kappa shape index (κ3) is 3.59. The van der Waals surface area contributed by atoms with Crippen LogP contribution in [0.25, 0.3) is 11.3 Å². The zero-order valence-corrected chi connectivity index (χ0v) is 17.4. The molecule has 1 atom stereocenters. The number of nitrogens with zero attached hydrogens (tertiary/aromatic N) is 2. The van der Waals surface area contributed by atoms with Gasteiger partial charge < -0.3 is 14.7 Å². The molecule has 1 aliphatic rings. The molecule has 3 aromatic rings. The fourth-order valence-corrected chi connectivity index (χ4v) is 4.07. The molecule has 156 valence electrons. The summed E-state index contributed by atoms with van der Waals surface area (Å²) in [4.78, 5) is 15.1. The number of phenols is 1. The quantitative estimate of drug-likeness (QED) is 0.547. The minimum Gasteiger partial charge on any atom is -0.507 e. The van der Waals surface area contributed by atoms with Crippen molar-refractivity contribution in [3.8, 4) is 17.0 Å². The van der Waals surface area contributed by atoms with Crippen LogP contribution in [0.2, 0.25) is 0 Å². The van der Waals surface area contributed by atoms with Crippen LogP contribution in [-0.4, -0.2) is 45.9 Å². The maximum Gasteiger partial charge on any atom is 0.273 e. The van der Waals surface area contributed by atoms with Crippen molar-refractivity contribution in [3.63, 3.8) is 0 Å². The molecule has 0 saturated heterocycles. The summed E-state index contributed by atoms with van der Waals surface area (Å²) >= 11 is 0. The van der Waals surface area contributed by atoms with Crippen molar-refractivity contribution in [2.75, 3.05) is 19.8 Å². The van der Waals surface area contributed by atoms with E-state index >= 15 is 0 Å². The minimum absolute atomic E-state index is 0.0692. The first-order chi connectivity index (χ1) is 14.7. The molecule has 30 heavy (non-hydrogen) atoms. The lowest BCUT2D eigenvalue weighted by Crippen LogP contribution is -2.31. The Labute approximate surface area is 176 Å². The number of H-pyrrole nitrogens is 1.